The van der Waals surface area contributed by atoms with Crippen LogP contribution in [0.25, 0.3) is 17.3 Å². The largest absolute Gasteiger partial charge is 0.326 e. The van der Waals surface area contributed by atoms with Gasteiger partial charge in [0.1, 0.15) is 0 Å². The van der Waals surface area contributed by atoms with Crippen molar-refractivity contribution in [1.29, 1.82) is 0 Å². The highest BCUT2D eigenvalue weighted by Gasteiger charge is 2.25. The Morgan fingerprint density at radius 3 is 2.57 bits per heavy atom. The van der Waals surface area contributed by atoms with Gasteiger partial charge in [-0.05, 0) is 54.6 Å². The Morgan fingerprint density at radius 1 is 1.11 bits per heavy atom. The third-order valence-electron chi connectivity index (χ3n) is 4.32. The first-order valence-electron chi connectivity index (χ1n) is 8.49. The predicted octanol–water partition coefficient (Wildman–Crippen LogP) is 5.24. The van der Waals surface area contributed by atoms with E-state index in [1.165, 1.54) is 6.92 Å². The first kappa shape index (κ1) is 18.3. The quantitative estimate of drug-likeness (QED) is 0.579. The zero-order valence-electron chi connectivity index (χ0n) is 14.8. The summed E-state index contributed by atoms with van der Waals surface area (Å²) in [6.45, 7) is 1.44. The van der Waals surface area contributed by atoms with Gasteiger partial charge in [0.05, 0.1) is 5.57 Å². The minimum atomic E-state index is -0.202. The van der Waals surface area contributed by atoms with Crippen LogP contribution in [0.1, 0.15) is 18.2 Å². The van der Waals surface area contributed by atoms with Crippen LogP contribution in [0.2, 0.25) is 10.0 Å². The Labute approximate surface area is 171 Å². The molecule has 0 atom stereocenters. The normalized spacial score (nSPS) is 14.1. The number of carbonyl (C=O) groups is 2. The van der Waals surface area contributed by atoms with Gasteiger partial charge in [-0.2, -0.15) is 0 Å². The minimum absolute atomic E-state index is 0.172. The second-order valence-electron chi connectivity index (χ2n) is 6.38. The second-order valence-corrected chi connectivity index (χ2v) is 7.26. The molecule has 1 aliphatic rings. The average molecular weight is 412 g/mol. The standard InChI is InChI=1S/C21H15Cl2N3O2/c1-12(27)24-15-4-5-20-18(10-15)19(21(28)25-20)11-16-3-2-6-26(16)17-8-13(22)7-14(23)9-17/h2-11H,1H3,(H,24,27)(H,25,28)/b19-11-. The Kier molecular flexibility index (Phi) is 4.71. The number of rotatable bonds is 3. The topological polar surface area (TPSA) is 63.1 Å². The molecular formula is C21H15Cl2N3O2. The van der Waals surface area contributed by atoms with E-state index in [4.69, 9.17) is 23.2 Å². The van der Waals surface area contributed by atoms with Crippen molar-refractivity contribution in [3.8, 4) is 5.69 Å². The maximum atomic E-state index is 12.5. The van der Waals surface area contributed by atoms with Gasteiger partial charge >= 0.3 is 0 Å². The van der Waals surface area contributed by atoms with Gasteiger partial charge in [-0.25, -0.2) is 0 Å². The SMILES string of the molecule is CC(=O)Nc1ccc2c(c1)/C(=C/c1cccn1-c1cc(Cl)cc(Cl)c1)C(=O)N2. The molecule has 0 unspecified atom stereocenters. The summed E-state index contributed by atoms with van der Waals surface area (Å²) in [7, 11) is 0. The van der Waals surface area contributed by atoms with E-state index in [2.05, 4.69) is 10.6 Å². The molecule has 1 aliphatic heterocycles. The van der Waals surface area contributed by atoms with Gasteiger partial charge in [0.2, 0.25) is 5.91 Å². The second kappa shape index (κ2) is 7.19. The third kappa shape index (κ3) is 3.54. The molecule has 0 spiro atoms. The van der Waals surface area contributed by atoms with Gasteiger partial charge in [0.25, 0.3) is 5.91 Å². The summed E-state index contributed by atoms with van der Waals surface area (Å²) in [5.41, 5.74) is 4.16. The van der Waals surface area contributed by atoms with E-state index in [1.807, 2.05) is 22.9 Å². The van der Waals surface area contributed by atoms with Crippen molar-refractivity contribution in [1.82, 2.24) is 4.57 Å². The van der Waals surface area contributed by atoms with Gasteiger partial charge in [0.15, 0.2) is 0 Å². The van der Waals surface area contributed by atoms with Crippen LogP contribution in [0.3, 0.4) is 0 Å². The number of anilines is 2. The minimum Gasteiger partial charge on any atom is -0.326 e. The van der Waals surface area contributed by atoms with Gasteiger partial charge in [0, 0.05) is 51.5 Å². The van der Waals surface area contributed by atoms with Crippen LogP contribution in [-0.4, -0.2) is 16.4 Å². The van der Waals surface area contributed by atoms with Crippen molar-refractivity contribution in [2.75, 3.05) is 10.6 Å². The molecule has 5 nitrogen and oxygen atoms in total. The van der Waals surface area contributed by atoms with Crippen molar-refractivity contribution in [2.45, 2.75) is 6.92 Å². The molecular weight excluding hydrogens is 397 g/mol. The number of nitrogens with one attached hydrogen (secondary N) is 2. The summed E-state index contributed by atoms with van der Waals surface area (Å²) in [5, 5.41) is 6.64. The summed E-state index contributed by atoms with van der Waals surface area (Å²) in [6, 6.07) is 14.3. The van der Waals surface area contributed by atoms with Crippen molar-refractivity contribution in [3.63, 3.8) is 0 Å². The monoisotopic (exact) mass is 411 g/mol. The maximum absolute atomic E-state index is 12.5. The van der Waals surface area contributed by atoms with Crippen molar-refractivity contribution in [3.05, 3.63) is 76.0 Å². The maximum Gasteiger partial charge on any atom is 0.256 e. The number of carbonyl (C=O) groups excluding carboxylic acids is 2. The van der Waals surface area contributed by atoms with Crippen LogP contribution < -0.4 is 10.6 Å². The Hall–Kier alpha value is -3.02. The first-order chi connectivity index (χ1) is 13.4. The summed E-state index contributed by atoms with van der Waals surface area (Å²) < 4.78 is 1.90. The van der Waals surface area contributed by atoms with E-state index in [1.54, 1.807) is 42.5 Å². The fourth-order valence-corrected chi connectivity index (χ4v) is 3.70. The number of hydrogen-bond acceptors (Lipinski definition) is 2. The van der Waals surface area contributed by atoms with Crippen molar-refractivity contribution < 1.29 is 9.59 Å². The lowest BCUT2D eigenvalue weighted by molar-refractivity contribution is -0.114. The smallest absolute Gasteiger partial charge is 0.256 e. The first-order valence-corrected chi connectivity index (χ1v) is 9.25. The van der Waals surface area contributed by atoms with E-state index in [0.29, 0.717) is 27.0 Å². The number of halogens is 2. The molecule has 0 saturated heterocycles. The molecule has 3 aromatic rings. The molecule has 2 heterocycles. The van der Waals surface area contributed by atoms with Crippen LogP contribution in [0.5, 0.6) is 0 Å². The molecule has 7 heteroatoms. The number of amides is 2. The number of aromatic nitrogens is 1. The van der Waals surface area contributed by atoms with Gasteiger partial charge < -0.3 is 15.2 Å². The van der Waals surface area contributed by atoms with Crippen molar-refractivity contribution >= 4 is 58.0 Å². The van der Waals surface area contributed by atoms with E-state index >= 15 is 0 Å². The van der Waals surface area contributed by atoms with Gasteiger partial charge in [-0.15, -0.1) is 0 Å². The molecule has 0 saturated carbocycles. The number of benzene rings is 2. The lowest BCUT2D eigenvalue weighted by Crippen LogP contribution is -2.05. The van der Waals surface area contributed by atoms with Crippen LogP contribution in [0.4, 0.5) is 11.4 Å². The summed E-state index contributed by atoms with van der Waals surface area (Å²) in [6.07, 6.45) is 3.67. The molecule has 0 bridgehead atoms. The Bertz CT molecular complexity index is 1130. The van der Waals surface area contributed by atoms with Gasteiger partial charge in [-0.1, -0.05) is 23.2 Å². The predicted molar refractivity (Wildman–Crippen MR) is 113 cm³/mol. The van der Waals surface area contributed by atoms with Gasteiger partial charge in [-0.3, -0.25) is 9.59 Å². The molecule has 4 rings (SSSR count). The molecule has 0 aliphatic carbocycles. The van der Waals surface area contributed by atoms with Crippen LogP contribution in [0.15, 0.2) is 54.7 Å². The van der Waals surface area contributed by atoms with E-state index in [-0.39, 0.29) is 11.8 Å². The average Bonchev–Trinajstić information content (AvgIpc) is 3.19. The number of hydrogen-bond donors (Lipinski definition) is 2. The Morgan fingerprint density at radius 2 is 1.86 bits per heavy atom. The van der Waals surface area contributed by atoms with E-state index in [9.17, 15) is 9.59 Å². The molecule has 2 aromatic carbocycles. The molecule has 28 heavy (non-hydrogen) atoms. The van der Waals surface area contributed by atoms with Crippen molar-refractivity contribution in [2.24, 2.45) is 0 Å². The Balaban J connectivity index is 1.78. The highest BCUT2D eigenvalue weighted by molar-refractivity contribution is 6.35. The summed E-state index contributed by atoms with van der Waals surface area (Å²) in [5.74, 6) is -0.374. The van der Waals surface area contributed by atoms with Crippen LogP contribution >= 0.6 is 23.2 Å². The van der Waals surface area contributed by atoms with E-state index < -0.39 is 0 Å². The summed E-state index contributed by atoms with van der Waals surface area (Å²) >= 11 is 12.3. The molecule has 0 fully saturated rings. The highest BCUT2D eigenvalue weighted by atomic mass is 35.5. The lowest BCUT2D eigenvalue weighted by Gasteiger charge is -2.09. The molecule has 1 aromatic heterocycles. The zero-order chi connectivity index (χ0) is 19.8. The fourth-order valence-electron chi connectivity index (χ4n) is 3.19. The lowest BCUT2D eigenvalue weighted by atomic mass is 10.0. The number of nitrogens with zero attached hydrogens (tertiary/aromatic N) is 1. The summed E-state index contributed by atoms with van der Waals surface area (Å²) in [4.78, 5) is 23.9. The molecule has 0 radical (unpaired) electrons. The zero-order valence-corrected chi connectivity index (χ0v) is 16.3. The molecule has 140 valence electrons. The highest BCUT2D eigenvalue weighted by Crippen LogP contribution is 2.35. The van der Waals surface area contributed by atoms with Crippen LogP contribution in [-0.2, 0) is 9.59 Å². The fraction of sp³-hybridized carbons (Fsp3) is 0.0476. The molecule has 2 amide bonds. The van der Waals surface area contributed by atoms with E-state index in [0.717, 1.165) is 16.9 Å². The van der Waals surface area contributed by atoms with Crippen LogP contribution in [0, 0.1) is 0 Å². The number of fused-ring (bicyclic) bond motifs is 1. The molecule has 2 N–H and O–H groups in total. The third-order valence-corrected chi connectivity index (χ3v) is 4.76.